The van der Waals surface area contributed by atoms with Gasteiger partial charge in [-0.1, -0.05) is 25.2 Å². The first-order valence-corrected chi connectivity index (χ1v) is 6.30. The van der Waals surface area contributed by atoms with E-state index >= 15 is 0 Å². The van der Waals surface area contributed by atoms with Crippen molar-refractivity contribution in [3.63, 3.8) is 0 Å². The van der Waals surface area contributed by atoms with Gasteiger partial charge in [0.05, 0.1) is 0 Å². The van der Waals surface area contributed by atoms with Crippen molar-refractivity contribution < 1.29 is 8.78 Å². The minimum absolute atomic E-state index is 0.0191. The monoisotopic (exact) mass is 242 g/mol. The molecule has 1 fully saturated rings. The van der Waals surface area contributed by atoms with Crippen LogP contribution in [-0.2, 0) is 0 Å². The molecule has 1 aliphatic carbocycles. The lowest BCUT2D eigenvalue weighted by Gasteiger charge is -2.46. The molecule has 98 valence electrons. The smallest absolute Gasteiger partial charge is 0.139 e. The van der Waals surface area contributed by atoms with Crippen molar-refractivity contribution in [1.82, 2.24) is 0 Å². The van der Waals surface area contributed by atoms with Crippen LogP contribution in [0.2, 0.25) is 0 Å². The molecule has 1 unspecified atom stereocenters. The normalized spacial score (nSPS) is 37.2. The van der Waals surface area contributed by atoms with Crippen LogP contribution in [0.4, 0.5) is 8.78 Å². The average molecular weight is 242 g/mol. The van der Waals surface area contributed by atoms with E-state index in [9.17, 15) is 8.78 Å². The van der Waals surface area contributed by atoms with Gasteiger partial charge in [0.1, 0.15) is 12.3 Å². The lowest BCUT2D eigenvalue weighted by molar-refractivity contribution is 0.0124. The first-order chi connectivity index (χ1) is 7.77. The molecule has 2 heteroatoms. The number of allylic oxidation sites excluding steroid dienone is 2. The van der Waals surface area contributed by atoms with Crippen LogP contribution in [0.3, 0.4) is 0 Å². The second kappa shape index (κ2) is 4.91. The molecular weight excluding hydrogens is 218 g/mol. The topological polar surface area (TPSA) is 0 Å². The summed E-state index contributed by atoms with van der Waals surface area (Å²) in [4.78, 5) is 0. The van der Waals surface area contributed by atoms with Crippen LogP contribution < -0.4 is 0 Å². The fourth-order valence-electron chi connectivity index (χ4n) is 3.00. The Morgan fingerprint density at radius 3 is 2.59 bits per heavy atom. The summed E-state index contributed by atoms with van der Waals surface area (Å²) in [5, 5.41) is 0. The van der Waals surface area contributed by atoms with E-state index in [0.717, 1.165) is 18.4 Å². The molecule has 1 saturated carbocycles. The van der Waals surface area contributed by atoms with E-state index in [2.05, 4.69) is 20.1 Å². The molecule has 0 aliphatic heterocycles. The van der Waals surface area contributed by atoms with E-state index in [1.165, 1.54) is 6.92 Å². The van der Waals surface area contributed by atoms with Crippen molar-refractivity contribution >= 4 is 0 Å². The van der Waals surface area contributed by atoms with Gasteiger partial charge in [0.2, 0.25) is 0 Å². The Morgan fingerprint density at radius 1 is 1.59 bits per heavy atom. The molecule has 0 aromatic carbocycles. The molecule has 0 N–H and O–H groups in total. The van der Waals surface area contributed by atoms with E-state index in [1.54, 1.807) is 0 Å². The van der Waals surface area contributed by atoms with Gasteiger partial charge in [0, 0.05) is 0 Å². The molecule has 0 radical (unpaired) electrons. The van der Waals surface area contributed by atoms with Gasteiger partial charge in [-0.25, -0.2) is 8.78 Å². The van der Waals surface area contributed by atoms with Crippen molar-refractivity contribution in [2.45, 2.75) is 45.7 Å². The maximum atomic E-state index is 14.1. The third-order valence-corrected chi connectivity index (χ3v) is 4.52. The van der Waals surface area contributed by atoms with Gasteiger partial charge in [-0.05, 0) is 50.4 Å². The molecular formula is C15H24F2. The van der Waals surface area contributed by atoms with Gasteiger partial charge in [0.15, 0.2) is 0 Å². The van der Waals surface area contributed by atoms with Crippen LogP contribution in [0.5, 0.6) is 0 Å². The highest BCUT2D eigenvalue weighted by Crippen LogP contribution is 2.50. The Morgan fingerprint density at radius 2 is 2.18 bits per heavy atom. The number of hydrogen-bond donors (Lipinski definition) is 0. The Hall–Kier alpha value is -0.660. The lowest BCUT2D eigenvalue weighted by atomic mass is 9.60. The number of rotatable bonds is 4. The minimum Gasteiger partial charge on any atom is -0.248 e. The van der Waals surface area contributed by atoms with Crippen molar-refractivity contribution in [2.75, 3.05) is 6.67 Å². The van der Waals surface area contributed by atoms with Gasteiger partial charge in [-0.15, -0.1) is 6.58 Å². The molecule has 0 bridgehead atoms. The lowest BCUT2D eigenvalue weighted by Crippen LogP contribution is -2.41. The summed E-state index contributed by atoms with van der Waals surface area (Å²) in [7, 11) is 0. The average Bonchev–Trinajstić information content (AvgIpc) is 2.28. The van der Waals surface area contributed by atoms with Gasteiger partial charge in [-0.3, -0.25) is 0 Å². The third-order valence-electron chi connectivity index (χ3n) is 4.52. The summed E-state index contributed by atoms with van der Waals surface area (Å²) in [6, 6.07) is 0. The maximum Gasteiger partial charge on any atom is 0.139 e. The van der Waals surface area contributed by atoms with Crippen LogP contribution in [0.1, 0.15) is 40.0 Å². The fourth-order valence-corrected chi connectivity index (χ4v) is 3.00. The second-order valence-corrected chi connectivity index (χ2v) is 5.99. The Labute approximate surface area is 104 Å². The van der Waals surface area contributed by atoms with Crippen molar-refractivity contribution in [1.29, 1.82) is 0 Å². The fraction of sp³-hybridized carbons (Fsp3) is 0.733. The zero-order chi connectivity index (χ0) is 13.3. The summed E-state index contributed by atoms with van der Waals surface area (Å²) in [5.74, 6) is 0.00241. The van der Waals surface area contributed by atoms with E-state index < -0.39 is 12.3 Å². The van der Waals surface area contributed by atoms with Crippen LogP contribution in [0.25, 0.3) is 0 Å². The van der Waals surface area contributed by atoms with Gasteiger partial charge < -0.3 is 0 Å². The summed E-state index contributed by atoms with van der Waals surface area (Å²) < 4.78 is 26.8. The van der Waals surface area contributed by atoms with E-state index in [1.807, 2.05) is 13.0 Å². The zero-order valence-corrected chi connectivity index (χ0v) is 11.2. The number of halogens is 2. The zero-order valence-electron chi connectivity index (χ0n) is 11.2. The third kappa shape index (κ3) is 2.78. The molecule has 17 heavy (non-hydrogen) atoms. The molecule has 0 aromatic heterocycles. The summed E-state index contributed by atoms with van der Waals surface area (Å²) in [5.41, 5.74) is -0.669. The van der Waals surface area contributed by atoms with Crippen molar-refractivity contribution in [3.8, 4) is 0 Å². The Bertz CT molecular complexity index is 306. The van der Waals surface area contributed by atoms with E-state index in [0.29, 0.717) is 6.42 Å². The number of alkyl halides is 2. The number of hydrogen-bond acceptors (Lipinski definition) is 0. The molecule has 0 spiro atoms. The summed E-state index contributed by atoms with van der Waals surface area (Å²) in [6.07, 6.45) is 4.21. The highest BCUT2D eigenvalue weighted by molar-refractivity contribution is 5.13. The van der Waals surface area contributed by atoms with E-state index in [-0.39, 0.29) is 17.3 Å². The molecule has 0 nitrogen and oxygen atoms in total. The van der Waals surface area contributed by atoms with Crippen LogP contribution in [0, 0.1) is 17.3 Å². The first kappa shape index (κ1) is 14.4. The molecule has 1 aliphatic rings. The van der Waals surface area contributed by atoms with Gasteiger partial charge in [0.25, 0.3) is 0 Å². The van der Waals surface area contributed by atoms with Crippen LogP contribution in [-0.4, -0.2) is 12.3 Å². The molecule has 1 rings (SSSR count). The Balaban J connectivity index is 2.90. The SMILES string of the molecule is C=C[C@]1(C)CC[C@H](C(C)(F)CF)C[C@@H]1C(=C)C. The highest BCUT2D eigenvalue weighted by Gasteiger charge is 2.44. The van der Waals surface area contributed by atoms with Crippen LogP contribution >= 0.6 is 0 Å². The maximum absolute atomic E-state index is 14.1. The first-order valence-electron chi connectivity index (χ1n) is 6.30. The van der Waals surface area contributed by atoms with Crippen LogP contribution in [0.15, 0.2) is 24.8 Å². The summed E-state index contributed by atoms with van der Waals surface area (Å²) >= 11 is 0. The van der Waals surface area contributed by atoms with E-state index in [4.69, 9.17) is 0 Å². The standard InChI is InChI=1S/C15H24F2/c1-6-14(4)8-7-12(15(5,17)10-16)9-13(14)11(2)3/h6,12-13H,1-2,7-10H2,3-5H3/t12-,13+,14+,15?/m0/s1. The molecule has 0 heterocycles. The van der Waals surface area contributed by atoms with Crippen molar-refractivity contribution in [3.05, 3.63) is 24.8 Å². The largest absolute Gasteiger partial charge is 0.248 e. The second-order valence-electron chi connectivity index (χ2n) is 5.99. The predicted octanol–water partition coefficient (Wildman–Crippen LogP) is 4.87. The molecule has 4 atom stereocenters. The predicted molar refractivity (Wildman–Crippen MR) is 69.4 cm³/mol. The quantitative estimate of drug-likeness (QED) is 0.617. The molecule has 0 amide bonds. The minimum atomic E-state index is -1.70. The molecule has 0 saturated heterocycles. The molecule has 0 aromatic rings. The summed E-state index contributed by atoms with van der Waals surface area (Å²) in [6.45, 7) is 12.5. The highest BCUT2D eigenvalue weighted by atomic mass is 19.2. The van der Waals surface area contributed by atoms with Crippen molar-refractivity contribution in [2.24, 2.45) is 17.3 Å². The van der Waals surface area contributed by atoms with Gasteiger partial charge in [-0.2, -0.15) is 0 Å². The van der Waals surface area contributed by atoms with Gasteiger partial charge >= 0.3 is 0 Å². The Kier molecular flexibility index (Phi) is 4.16.